The zero-order chi connectivity index (χ0) is 8.39. The van der Waals surface area contributed by atoms with Gasteiger partial charge in [-0.2, -0.15) is 0 Å². The molecule has 2 heteroatoms. The summed E-state index contributed by atoms with van der Waals surface area (Å²) in [5.41, 5.74) is 0. The van der Waals surface area contributed by atoms with Crippen LogP contribution in [0.2, 0.25) is 0 Å². The van der Waals surface area contributed by atoms with Gasteiger partial charge in [0.2, 0.25) is 0 Å². The van der Waals surface area contributed by atoms with Crippen molar-refractivity contribution in [2.45, 2.75) is 38.2 Å². The van der Waals surface area contributed by atoms with E-state index in [2.05, 4.69) is 4.90 Å². The van der Waals surface area contributed by atoms with Crippen molar-refractivity contribution in [1.82, 2.24) is 4.90 Å². The smallest absolute Gasteiger partial charge is 0.0546 e. The Hall–Kier alpha value is -0.0800. The molecule has 0 spiro atoms. The number of nitrogens with zero attached hydrogens (tertiary/aromatic N) is 1. The lowest BCUT2D eigenvalue weighted by atomic mass is 9.82. The summed E-state index contributed by atoms with van der Waals surface area (Å²) in [5, 5.41) is 9.13. The van der Waals surface area contributed by atoms with Gasteiger partial charge in [-0.1, -0.05) is 6.42 Å². The highest BCUT2D eigenvalue weighted by Gasteiger charge is 2.28. The molecule has 70 valence electrons. The fourth-order valence-corrected chi connectivity index (χ4v) is 2.36. The van der Waals surface area contributed by atoms with E-state index in [9.17, 15) is 0 Å². The largest absolute Gasteiger partial charge is 0.393 e. The van der Waals surface area contributed by atoms with E-state index in [0.29, 0.717) is 0 Å². The molecule has 12 heavy (non-hydrogen) atoms. The van der Waals surface area contributed by atoms with Crippen LogP contribution in [0, 0.1) is 5.92 Å². The molecule has 0 amide bonds. The predicted octanol–water partition coefficient (Wildman–Crippen LogP) is 1.24. The van der Waals surface area contributed by atoms with Crippen molar-refractivity contribution in [3.8, 4) is 0 Å². The second kappa shape index (κ2) is 3.75. The third-order valence-electron chi connectivity index (χ3n) is 3.18. The highest BCUT2D eigenvalue weighted by Crippen LogP contribution is 2.28. The molecule has 1 aliphatic heterocycles. The molecule has 1 heterocycles. The molecule has 0 unspecified atom stereocenters. The molecule has 2 fully saturated rings. The SMILES string of the molecule is OC1CC(CN2CCCCC2)C1. The minimum absolute atomic E-state index is 0.0276. The maximum absolute atomic E-state index is 9.13. The number of likely N-dealkylation sites (tertiary alicyclic amines) is 1. The van der Waals surface area contributed by atoms with Gasteiger partial charge >= 0.3 is 0 Å². The number of piperidine rings is 1. The fourth-order valence-electron chi connectivity index (χ4n) is 2.36. The number of hydrogen-bond donors (Lipinski definition) is 1. The Morgan fingerprint density at radius 3 is 2.33 bits per heavy atom. The average molecular weight is 169 g/mol. The van der Waals surface area contributed by atoms with Gasteiger partial charge in [0, 0.05) is 6.54 Å². The van der Waals surface area contributed by atoms with E-state index in [0.717, 1.165) is 18.8 Å². The fraction of sp³-hybridized carbons (Fsp3) is 1.00. The van der Waals surface area contributed by atoms with Crippen molar-refractivity contribution >= 4 is 0 Å². The highest BCUT2D eigenvalue weighted by molar-refractivity contribution is 4.81. The van der Waals surface area contributed by atoms with E-state index in [4.69, 9.17) is 5.11 Å². The normalized spacial score (nSPS) is 37.8. The van der Waals surface area contributed by atoms with E-state index in [1.807, 2.05) is 0 Å². The molecule has 1 saturated carbocycles. The highest BCUT2D eigenvalue weighted by atomic mass is 16.3. The number of hydrogen-bond acceptors (Lipinski definition) is 2. The summed E-state index contributed by atoms with van der Waals surface area (Å²) in [4.78, 5) is 2.57. The van der Waals surface area contributed by atoms with Gasteiger partial charge in [-0.25, -0.2) is 0 Å². The van der Waals surface area contributed by atoms with E-state index in [-0.39, 0.29) is 6.10 Å². The maximum Gasteiger partial charge on any atom is 0.0546 e. The monoisotopic (exact) mass is 169 g/mol. The van der Waals surface area contributed by atoms with Gasteiger partial charge in [0.1, 0.15) is 0 Å². The second-order valence-electron chi connectivity index (χ2n) is 4.35. The van der Waals surface area contributed by atoms with E-state index in [1.54, 1.807) is 0 Å². The molecule has 2 nitrogen and oxygen atoms in total. The first-order valence-electron chi connectivity index (χ1n) is 5.25. The molecule has 1 saturated heterocycles. The summed E-state index contributed by atoms with van der Waals surface area (Å²) < 4.78 is 0. The van der Waals surface area contributed by atoms with E-state index >= 15 is 0 Å². The van der Waals surface area contributed by atoms with Gasteiger partial charge in [0.15, 0.2) is 0 Å². The summed E-state index contributed by atoms with van der Waals surface area (Å²) in [7, 11) is 0. The van der Waals surface area contributed by atoms with Crippen LogP contribution in [0.25, 0.3) is 0 Å². The topological polar surface area (TPSA) is 23.5 Å². The first-order chi connectivity index (χ1) is 5.84. The number of rotatable bonds is 2. The van der Waals surface area contributed by atoms with Crippen LogP contribution in [0.5, 0.6) is 0 Å². The molecule has 0 aromatic heterocycles. The van der Waals surface area contributed by atoms with Crippen molar-refractivity contribution in [3.05, 3.63) is 0 Å². The van der Waals surface area contributed by atoms with Gasteiger partial charge in [-0.3, -0.25) is 0 Å². The molecule has 0 aromatic rings. The van der Waals surface area contributed by atoms with Crippen molar-refractivity contribution in [3.63, 3.8) is 0 Å². The average Bonchev–Trinajstić information content (AvgIpc) is 2.04. The molecule has 2 aliphatic rings. The predicted molar refractivity (Wildman–Crippen MR) is 49.0 cm³/mol. The van der Waals surface area contributed by atoms with Crippen LogP contribution in [-0.2, 0) is 0 Å². The molecule has 1 aliphatic carbocycles. The van der Waals surface area contributed by atoms with Gasteiger partial charge in [-0.15, -0.1) is 0 Å². The minimum atomic E-state index is 0.0276. The Kier molecular flexibility index (Phi) is 2.66. The molecule has 0 radical (unpaired) electrons. The Bertz CT molecular complexity index is 137. The van der Waals surface area contributed by atoms with Crippen LogP contribution in [0.1, 0.15) is 32.1 Å². The first kappa shape index (κ1) is 8.52. The van der Waals surface area contributed by atoms with Crippen LogP contribution in [0.4, 0.5) is 0 Å². The van der Waals surface area contributed by atoms with E-state index in [1.165, 1.54) is 38.9 Å². The number of aliphatic hydroxyl groups excluding tert-OH is 1. The third-order valence-corrected chi connectivity index (χ3v) is 3.18. The van der Waals surface area contributed by atoms with Gasteiger partial charge < -0.3 is 10.0 Å². The quantitative estimate of drug-likeness (QED) is 0.672. The molecular weight excluding hydrogens is 150 g/mol. The Labute approximate surface area is 74.6 Å². The first-order valence-corrected chi connectivity index (χ1v) is 5.25. The summed E-state index contributed by atoms with van der Waals surface area (Å²) >= 11 is 0. The molecular formula is C10H19NO. The van der Waals surface area contributed by atoms with Crippen LogP contribution in [0.15, 0.2) is 0 Å². The minimum Gasteiger partial charge on any atom is -0.393 e. The van der Waals surface area contributed by atoms with Crippen LogP contribution in [-0.4, -0.2) is 35.7 Å². The lowest BCUT2D eigenvalue weighted by Gasteiger charge is -2.37. The molecule has 0 atom stereocenters. The Balaban J connectivity index is 1.65. The third kappa shape index (κ3) is 1.99. The van der Waals surface area contributed by atoms with Crippen LogP contribution >= 0.6 is 0 Å². The molecule has 0 aromatic carbocycles. The van der Waals surface area contributed by atoms with Crippen molar-refractivity contribution in [2.75, 3.05) is 19.6 Å². The summed E-state index contributed by atoms with van der Waals surface area (Å²) in [6.45, 7) is 3.84. The van der Waals surface area contributed by atoms with Crippen molar-refractivity contribution in [2.24, 2.45) is 5.92 Å². The summed E-state index contributed by atoms with van der Waals surface area (Å²) in [6, 6.07) is 0. The molecule has 1 N–H and O–H groups in total. The zero-order valence-corrected chi connectivity index (χ0v) is 7.71. The lowest BCUT2D eigenvalue weighted by molar-refractivity contribution is 0.0215. The lowest BCUT2D eigenvalue weighted by Crippen LogP contribution is -2.40. The standard InChI is InChI=1S/C10H19NO/c12-10-6-9(7-10)8-11-4-2-1-3-5-11/h9-10,12H,1-8H2. The van der Waals surface area contributed by atoms with Crippen LogP contribution < -0.4 is 0 Å². The summed E-state index contributed by atoms with van der Waals surface area (Å²) in [6.07, 6.45) is 6.32. The number of aliphatic hydroxyl groups is 1. The van der Waals surface area contributed by atoms with Crippen molar-refractivity contribution < 1.29 is 5.11 Å². The summed E-state index contributed by atoms with van der Waals surface area (Å²) in [5.74, 6) is 0.804. The second-order valence-corrected chi connectivity index (χ2v) is 4.35. The van der Waals surface area contributed by atoms with Gasteiger partial charge in [0.25, 0.3) is 0 Å². The molecule has 0 bridgehead atoms. The zero-order valence-electron chi connectivity index (χ0n) is 7.71. The van der Waals surface area contributed by atoms with Crippen molar-refractivity contribution in [1.29, 1.82) is 0 Å². The van der Waals surface area contributed by atoms with Gasteiger partial charge in [-0.05, 0) is 44.7 Å². The Morgan fingerprint density at radius 1 is 1.08 bits per heavy atom. The van der Waals surface area contributed by atoms with Crippen LogP contribution in [0.3, 0.4) is 0 Å². The van der Waals surface area contributed by atoms with Gasteiger partial charge in [0.05, 0.1) is 6.10 Å². The maximum atomic E-state index is 9.13. The Morgan fingerprint density at radius 2 is 1.75 bits per heavy atom. The molecule has 2 rings (SSSR count). The van der Waals surface area contributed by atoms with E-state index < -0.39 is 0 Å².